The lowest BCUT2D eigenvalue weighted by atomic mass is 9.77. The Bertz CT molecular complexity index is 671. The van der Waals surface area contributed by atoms with E-state index in [1.54, 1.807) is 0 Å². The Labute approximate surface area is 160 Å². The molecule has 0 radical (unpaired) electrons. The van der Waals surface area contributed by atoms with E-state index in [1.165, 1.54) is 5.56 Å². The minimum Gasteiger partial charge on any atom is -0.375 e. The van der Waals surface area contributed by atoms with Crippen LogP contribution in [0, 0.1) is 5.41 Å². The van der Waals surface area contributed by atoms with Gasteiger partial charge in [0.25, 0.3) is 0 Å². The van der Waals surface area contributed by atoms with Crippen molar-refractivity contribution in [1.82, 2.24) is 15.1 Å². The van der Waals surface area contributed by atoms with Crippen LogP contribution in [0.4, 0.5) is 0 Å². The summed E-state index contributed by atoms with van der Waals surface area (Å²) in [7, 11) is 0. The first-order valence-corrected chi connectivity index (χ1v) is 10.0. The van der Waals surface area contributed by atoms with Gasteiger partial charge < -0.3 is 15.0 Å². The van der Waals surface area contributed by atoms with Crippen molar-refractivity contribution >= 4 is 11.8 Å². The maximum Gasteiger partial charge on any atom is 0.225 e. The predicted octanol–water partition coefficient (Wildman–Crippen LogP) is 1.41. The third kappa shape index (κ3) is 4.50. The largest absolute Gasteiger partial charge is 0.375 e. The summed E-state index contributed by atoms with van der Waals surface area (Å²) < 4.78 is 5.87. The molecule has 1 unspecified atom stereocenters. The van der Waals surface area contributed by atoms with Crippen LogP contribution in [0.25, 0.3) is 0 Å². The van der Waals surface area contributed by atoms with E-state index in [0.717, 1.165) is 52.1 Å². The number of nitrogens with one attached hydrogen (secondary N) is 1. The molecule has 3 aliphatic heterocycles. The van der Waals surface area contributed by atoms with Gasteiger partial charge in [0, 0.05) is 45.7 Å². The zero-order valence-electron chi connectivity index (χ0n) is 15.9. The lowest BCUT2D eigenvalue weighted by Gasteiger charge is -2.39. The van der Waals surface area contributed by atoms with Gasteiger partial charge in [0.05, 0.1) is 19.1 Å². The molecular formula is C21H29N3O3. The summed E-state index contributed by atoms with van der Waals surface area (Å²) in [5, 5.41) is 2.95. The summed E-state index contributed by atoms with van der Waals surface area (Å²) >= 11 is 0. The molecule has 1 aromatic rings. The molecule has 3 saturated heterocycles. The molecule has 0 aromatic heterocycles. The fraction of sp³-hybridized carbons (Fsp3) is 0.619. The molecule has 6 heteroatoms. The lowest BCUT2D eigenvalue weighted by molar-refractivity contribution is -0.138. The third-order valence-corrected chi connectivity index (χ3v) is 6.25. The number of carbonyl (C=O) groups excluding carboxylic acids is 2. The molecule has 1 spiro atoms. The Morgan fingerprint density at radius 1 is 1.19 bits per heavy atom. The van der Waals surface area contributed by atoms with Crippen LogP contribution >= 0.6 is 0 Å². The van der Waals surface area contributed by atoms with E-state index in [4.69, 9.17) is 4.74 Å². The van der Waals surface area contributed by atoms with Gasteiger partial charge in [-0.1, -0.05) is 30.3 Å². The highest BCUT2D eigenvalue weighted by Crippen LogP contribution is 2.37. The van der Waals surface area contributed by atoms with Gasteiger partial charge in [0.15, 0.2) is 0 Å². The highest BCUT2D eigenvalue weighted by atomic mass is 16.5. The van der Waals surface area contributed by atoms with Crippen LogP contribution in [0.5, 0.6) is 0 Å². The lowest BCUT2D eigenvalue weighted by Crippen LogP contribution is -2.47. The van der Waals surface area contributed by atoms with Crippen molar-refractivity contribution in [3.63, 3.8) is 0 Å². The Kier molecular flexibility index (Phi) is 5.45. The van der Waals surface area contributed by atoms with Crippen molar-refractivity contribution in [3.05, 3.63) is 35.9 Å². The third-order valence-electron chi connectivity index (χ3n) is 6.25. The second-order valence-electron chi connectivity index (χ2n) is 8.25. The average molecular weight is 371 g/mol. The van der Waals surface area contributed by atoms with E-state index in [9.17, 15) is 9.59 Å². The number of morpholine rings is 1. The van der Waals surface area contributed by atoms with E-state index < -0.39 is 0 Å². The van der Waals surface area contributed by atoms with Crippen LogP contribution in [0.2, 0.25) is 0 Å². The summed E-state index contributed by atoms with van der Waals surface area (Å²) in [6.07, 6.45) is 2.89. The molecule has 1 atom stereocenters. The molecular weight excluding hydrogens is 342 g/mol. The second kappa shape index (κ2) is 7.98. The first-order chi connectivity index (χ1) is 13.1. The Morgan fingerprint density at radius 3 is 2.67 bits per heavy atom. The number of piperidine rings is 1. The maximum atomic E-state index is 12.7. The van der Waals surface area contributed by atoms with Gasteiger partial charge in [-0.3, -0.25) is 14.5 Å². The number of hydrogen-bond donors (Lipinski definition) is 1. The van der Waals surface area contributed by atoms with Crippen LogP contribution in [-0.2, 0) is 20.9 Å². The Hall–Kier alpha value is -1.92. The van der Waals surface area contributed by atoms with Gasteiger partial charge in [-0.25, -0.2) is 0 Å². The van der Waals surface area contributed by atoms with Crippen molar-refractivity contribution in [2.24, 2.45) is 5.41 Å². The van der Waals surface area contributed by atoms with Crippen molar-refractivity contribution in [2.45, 2.75) is 38.3 Å². The molecule has 2 amide bonds. The second-order valence-corrected chi connectivity index (χ2v) is 8.25. The number of ether oxygens (including phenoxy) is 1. The zero-order chi connectivity index (χ0) is 18.7. The topological polar surface area (TPSA) is 61.9 Å². The molecule has 3 fully saturated rings. The smallest absolute Gasteiger partial charge is 0.225 e. The number of likely N-dealkylation sites (tertiary alicyclic amines) is 1. The number of hydrogen-bond acceptors (Lipinski definition) is 4. The highest BCUT2D eigenvalue weighted by molar-refractivity contribution is 5.79. The predicted molar refractivity (Wildman–Crippen MR) is 102 cm³/mol. The van der Waals surface area contributed by atoms with Crippen molar-refractivity contribution in [3.8, 4) is 0 Å². The van der Waals surface area contributed by atoms with Gasteiger partial charge in [-0.2, -0.15) is 0 Å². The molecule has 1 N–H and O–H groups in total. The number of carbonyl (C=O) groups is 2. The van der Waals surface area contributed by atoms with Crippen LogP contribution in [0.15, 0.2) is 30.3 Å². The van der Waals surface area contributed by atoms with Crippen molar-refractivity contribution < 1.29 is 14.3 Å². The van der Waals surface area contributed by atoms with Crippen LogP contribution in [0.3, 0.4) is 0 Å². The van der Waals surface area contributed by atoms with Gasteiger partial charge in [-0.05, 0) is 23.8 Å². The van der Waals surface area contributed by atoms with E-state index in [-0.39, 0.29) is 23.3 Å². The molecule has 4 rings (SSSR count). The average Bonchev–Trinajstić information content (AvgIpc) is 3.03. The normalized spacial score (nSPS) is 25.6. The minimum absolute atomic E-state index is 0.0272. The van der Waals surface area contributed by atoms with Crippen LogP contribution in [0.1, 0.15) is 31.2 Å². The standard InChI is InChI=1S/C21H29N3O3/c25-19-13-21(16-22-19)6-8-24(9-7-21)20(26)12-18-15-23(10-11-27-18)14-17-4-2-1-3-5-17/h1-5,18H,6-16H2,(H,22,25). The van der Waals surface area contributed by atoms with Crippen LogP contribution < -0.4 is 5.32 Å². The summed E-state index contributed by atoms with van der Waals surface area (Å²) in [6.45, 7) is 5.59. The molecule has 1 aromatic carbocycles. The zero-order valence-corrected chi connectivity index (χ0v) is 15.9. The van der Waals surface area contributed by atoms with Crippen molar-refractivity contribution in [2.75, 3.05) is 39.3 Å². The van der Waals surface area contributed by atoms with Gasteiger partial charge in [0.2, 0.25) is 11.8 Å². The molecule has 3 aliphatic rings. The molecule has 3 heterocycles. The Balaban J connectivity index is 1.25. The number of amides is 2. The maximum absolute atomic E-state index is 12.7. The van der Waals surface area contributed by atoms with E-state index in [0.29, 0.717) is 19.4 Å². The van der Waals surface area contributed by atoms with Gasteiger partial charge in [-0.15, -0.1) is 0 Å². The summed E-state index contributed by atoms with van der Waals surface area (Å²) in [5.41, 5.74) is 1.38. The summed E-state index contributed by atoms with van der Waals surface area (Å²) in [5.74, 6) is 0.345. The molecule has 6 nitrogen and oxygen atoms in total. The molecule has 0 saturated carbocycles. The minimum atomic E-state index is -0.0272. The molecule has 146 valence electrons. The number of benzene rings is 1. The van der Waals surface area contributed by atoms with E-state index >= 15 is 0 Å². The fourth-order valence-electron chi connectivity index (χ4n) is 4.55. The highest BCUT2D eigenvalue weighted by Gasteiger charge is 2.41. The first kappa shape index (κ1) is 18.4. The Morgan fingerprint density at radius 2 is 1.96 bits per heavy atom. The summed E-state index contributed by atoms with van der Waals surface area (Å²) in [6, 6.07) is 10.4. The molecule has 0 bridgehead atoms. The van der Waals surface area contributed by atoms with Crippen LogP contribution in [-0.4, -0.2) is 67.0 Å². The fourth-order valence-corrected chi connectivity index (χ4v) is 4.55. The summed E-state index contributed by atoms with van der Waals surface area (Å²) in [4.78, 5) is 28.6. The van der Waals surface area contributed by atoms with E-state index in [2.05, 4.69) is 34.5 Å². The SMILES string of the molecule is O=C1CC2(CCN(C(=O)CC3CN(Cc4ccccc4)CCO3)CC2)CN1. The van der Waals surface area contributed by atoms with Crippen molar-refractivity contribution in [1.29, 1.82) is 0 Å². The number of rotatable bonds is 4. The first-order valence-electron chi connectivity index (χ1n) is 10.0. The number of nitrogens with zero attached hydrogens (tertiary/aromatic N) is 2. The van der Waals surface area contributed by atoms with E-state index in [1.807, 2.05) is 11.0 Å². The molecule has 0 aliphatic carbocycles. The molecule has 27 heavy (non-hydrogen) atoms. The van der Waals surface area contributed by atoms with Gasteiger partial charge >= 0.3 is 0 Å². The quantitative estimate of drug-likeness (QED) is 0.869. The monoisotopic (exact) mass is 371 g/mol. The van der Waals surface area contributed by atoms with Gasteiger partial charge in [0.1, 0.15) is 0 Å².